The van der Waals surface area contributed by atoms with Crippen LogP contribution in [0.1, 0.15) is 19.3 Å². The van der Waals surface area contributed by atoms with Gasteiger partial charge in [-0.3, -0.25) is 9.80 Å². The lowest BCUT2D eigenvalue weighted by atomic mass is 9.93. The van der Waals surface area contributed by atoms with E-state index in [2.05, 4.69) is 4.90 Å². The fourth-order valence-corrected chi connectivity index (χ4v) is 5.22. The summed E-state index contributed by atoms with van der Waals surface area (Å²) in [4.78, 5) is 16.7. The monoisotopic (exact) mass is 512 g/mol. The number of carbonyl (C=O) groups excluding carboxylic acids is 1. The molecule has 2 saturated heterocycles. The summed E-state index contributed by atoms with van der Waals surface area (Å²) in [5.74, 6) is 4.16. The van der Waals surface area contributed by atoms with Crippen LogP contribution < -0.4 is 23.7 Å². The number of fused-ring (bicyclic) bond motifs is 1. The molecule has 3 aliphatic rings. The Morgan fingerprint density at radius 3 is 2.51 bits per heavy atom. The number of amides is 1. The summed E-state index contributed by atoms with van der Waals surface area (Å²) >= 11 is 0. The third-order valence-corrected chi connectivity index (χ3v) is 7.39. The van der Waals surface area contributed by atoms with Crippen molar-refractivity contribution in [1.29, 1.82) is 0 Å². The number of hydrogen-bond acceptors (Lipinski definition) is 8. The molecule has 3 heterocycles. The van der Waals surface area contributed by atoms with E-state index in [9.17, 15) is 4.79 Å². The molecule has 2 aromatic carbocycles. The van der Waals surface area contributed by atoms with E-state index in [-0.39, 0.29) is 18.2 Å². The predicted octanol–water partition coefficient (Wildman–Crippen LogP) is 3.85. The van der Waals surface area contributed by atoms with Crippen LogP contribution in [0.3, 0.4) is 0 Å². The van der Waals surface area contributed by atoms with Gasteiger partial charge in [-0.1, -0.05) is 12.1 Å². The highest BCUT2D eigenvalue weighted by Gasteiger charge is 2.34. The summed E-state index contributed by atoms with van der Waals surface area (Å²) in [6, 6.07) is 13.2. The number of cyclic esters (lactones) is 1. The second-order valence-electron chi connectivity index (χ2n) is 9.78. The average molecular weight is 513 g/mol. The van der Waals surface area contributed by atoms with Crippen LogP contribution in [0.5, 0.6) is 28.7 Å². The zero-order valence-corrected chi connectivity index (χ0v) is 21.6. The van der Waals surface area contributed by atoms with Crippen LogP contribution in [-0.2, 0) is 4.74 Å². The summed E-state index contributed by atoms with van der Waals surface area (Å²) in [5, 5.41) is 0. The summed E-state index contributed by atoms with van der Waals surface area (Å²) < 4.78 is 33.9. The average Bonchev–Trinajstić information content (AvgIpc) is 3.30. The Balaban J connectivity index is 1.05. The van der Waals surface area contributed by atoms with Gasteiger partial charge in [0.1, 0.15) is 37.7 Å². The second kappa shape index (κ2) is 11.8. The summed E-state index contributed by atoms with van der Waals surface area (Å²) in [6.07, 6.45) is 2.98. The van der Waals surface area contributed by atoms with Crippen molar-refractivity contribution < 1.29 is 33.2 Å². The van der Waals surface area contributed by atoms with E-state index >= 15 is 0 Å². The van der Waals surface area contributed by atoms with Gasteiger partial charge in [0.2, 0.25) is 0 Å². The third kappa shape index (κ3) is 6.15. The normalized spacial score (nSPS) is 22.0. The van der Waals surface area contributed by atoms with E-state index in [0.717, 1.165) is 50.4 Å². The third-order valence-electron chi connectivity index (χ3n) is 7.39. The van der Waals surface area contributed by atoms with E-state index in [1.807, 2.05) is 35.2 Å². The maximum atomic E-state index is 12.4. The standard InChI is InChI=1S/C28H36N2O7/c1-32-24-8-7-22(15-27(24)33-2)34-17-21-18-36-28(31)30(21)14-11-20-9-12-29(13-10-20)16-23-19-35-25-5-3-4-6-26(25)37-23/h3-8,15,20-21,23H,9-14,16-19H2,1-2H3/t21-,23?/m1/s1. The van der Waals surface area contributed by atoms with Crippen molar-refractivity contribution in [3.63, 3.8) is 0 Å². The fraction of sp³-hybridized carbons (Fsp3) is 0.536. The lowest BCUT2D eigenvalue weighted by Crippen LogP contribution is -2.44. The molecule has 2 fully saturated rings. The Labute approximate surface area is 218 Å². The topological polar surface area (TPSA) is 78.9 Å². The molecule has 0 aliphatic carbocycles. The highest BCUT2D eigenvalue weighted by Crippen LogP contribution is 2.33. The molecule has 9 heteroatoms. The zero-order valence-electron chi connectivity index (χ0n) is 21.6. The van der Waals surface area contributed by atoms with Crippen LogP contribution >= 0.6 is 0 Å². The van der Waals surface area contributed by atoms with Gasteiger partial charge in [0, 0.05) is 19.2 Å². The summed E-state index contributed by atoms with van der Waals surface area (Å²) in [5.41, 5.74) is 0. The number of ether oxygens (including phenoxy) is 6. The molecule has 0 saturated carbocycles. The van der Waals surface area contributed by atoms with Gasteiger partial charge in [-0.2, -0.15) is 0 Å². The van der Waals surface area contributed by atoms with Crippen LogP contribution in [0, 0.1) is 5.92 Å². The van der Waals surface area contributed by atoms with Gasteiger partial charge in [-0.15, -0.1) is 0 Å². The van der Waals surface area contributed by atoms with Crippen molar-refractivity contribution in [2.75, 3.05) is 60.2 Å². The van der Waals surface area contributed by atoms with E-state index < -0.39 is 0 Å². The number of piperidine rings is 1. The zero-order chi connectivity index (χ0) is 25.6. The quantitative estimate of drug-likeness (QED) is 0.475. The van der Waals surface area contributed by atoms with Crippen molar-refractivity contribution in [1.82, 2.24) is 9.80 Å². The predicted molar refractivity (Wildman–Crippen MR) is 137 cm³/mol. The minimum absolute atomic E-state index is 0.0530. The van der Waals surface area contributed by atoms with Crippen LogP contribution in [-0.4, -0.2) is 88.3 Å². The molecule has 0 aromatic heterocycles. The van der Waals surface area contributed by atoms with Crippen LogP contribution in [0.15, 0.2) is 42.5 Å². The molecule has 200 valence electrons. The first kappa shape index (κ1) is 25.3. The van der Waals surface area contributed by atoms with E-state index in [4.69, 9.17) is 28.4 Å². The lowest BCUT2D eigenvalue weighted by Gasteiger charge is -2.36. The number of carbonyl (C=O) groups is 1. The number of likely N-dealkylation sites (tertiary alicyclic amines) is 1. The Morgan fingerprint density at radius 2 is 1.73 bits per heavy atom. The number of rotatable bonds is 10. The van der Waals surface area contributed by atoms with Crippen molar-refractivity contribution in [2.45, 2.75) is 31.4 Å². The largest absolute Gasteiger partial charge is 0.493 e. The summed E-state index contributed by atoms with van der Waals surface area (Å²) in [6.45, 7) is 4.91. The number of nitrogens with zero attached hydrogens (tertiary/aromatic N) is 2. The Bertz CT molecular complexity index is 1060. The second-order valence-corrected chi connectivity index (χ2v) is 9.78. The van der Waals surface area contributed by atoms with Gasteiger partial charge in [0.25, 0.3) is 0 Å². The first-order chi connectivity index (χ1) is 18.1. The van der Waals surface area contributed by atoms with Gasteiger partial charge in [0.15, 0.2) is 23.0 Å². The minimum Gasteiger partial charge on any atom is -0.493 e. The molecular formula is C28H36N2O7. The molecule has 1 amide bonds. The smallest absolute Gasteiger partial charge is 0.410 e. The number of para-hydroxylation sites is 2. The van der Waals surface area contributed by atoms with Crippen LogP contribution in [0.2, 0.25) is 0 Å². The Hall–Kier alpha value is -3.33. The van der Waals surface area contributed by atoms with Gasteiger partial charge < -0.3 is 28.4 Å². The Kier molecular flexibility index (Phi) is 8.08. The number of benzene rings is 2. The molecule has 5 rings (SSSR count). The summed E-state index contributed by atoms with van der Waals surface area (Å²) in [7, 11) is 3.19. The maximum Gasteiger partial charge on any atom is 0.410 e. The molecule has 37 heavy (non-hydrogen) atoms. The molecule has 2 aromatic rings. The van der Waals surface area contributed by atoms with Gasteiger partial charge in [-0.05, 0) is 62.5 Å². The van der Waals surface area contributed by atoms with Crippen molar-refractivity contribution in [2.24, 2.45) is 5.92 Å². The van der Waals surface area contributed by atoms with E-state index in [1.165, 1.54) is 0 Å². The van der Waals surface area contributed by atoms with Gasteiger partial charge >= 0.3 is 6.09 Å². The first-order valence-corrected chi connectivity index (χ1v) is 13.0. The fourth-order valence-electron chi connectivity index (χ4n) is 5.22. The molecule has 0 N–H and O–H groups in total. The molecule has 1 unspecified atom stereocenters. The highest BCUT2D eigenvalue weighted by molar-refractivity contribution is 5.70. The lowest BCUT2D eigenvalue weighted by molar-refractivity contribution is 0.0464. The Morgan fingerprint density at radius 1 is 0.946 bits per heavy atom. The SMILES string of the molecule is COc1ccc(OC[C@@H]2COC(=O)N2CCC2CCN(CC3COc4ccccc4O3)CC2)cc1OC. The highest BCUT2D eigenvalue weighted by atomic mass is 16.6. The molecule has 2 atom stereocenters. The van der Waals surface area contributed by atoms with Crippen LogP contribution in [0.25, 0.3) is 0 Å². The molecule has 0 radical (unpaired) electrons. The van der Waals surface area contributed by atoms with Crippen molar-refractivity contribution in [3.8, 4) is 28.7 Å². The van der Waals surface area contributed by atoms with Crippen molar-refractivity contribution >= 4 is 6.09 Å². The van der Waals surface area contributed by atoms with E-state index in [0.29, 0.717) is 49.5 Å². The van der Waals surface area contributed by atoms with Gasteiger partial charge in [-0.25, -0.2) is 4.79 Å². The van der Waals surface area contributed by atoms with E-state index in [1.54, 1.807) is 26.4 Å². The van der Waals surface area contributed by atoms with Crippen LogP contribution in [0.4, 0.5) is 4.79 Å². The molecule has 0 bridgehead atoms. The van der Waals surface area contributed by atoms with Crippen molar-refractivity contribution in [3.05, 3.63) is 42.5 Å². The number of hydrogen-bond donors (Lipinski definition) is 0. The first-order valence-electron chi connectivity index (χ1n) is 13.0. The molecule has 9 nitrogen and oxygen atoms in total. The van der Waals surface area contributed by atoms with Gasteiger partial charge in [0.05, 0.1) is 14.2 Å². The number of methoxy groups -OCH3 is 2. The molecule has 3 aliphatic heterocycles. The maximum absolute atomic E-state index is 12.4. The minimum atomic E-state index is -0.256. The molecule has 0 spiro atoms. The molecular weight excluding hydrogens is 476 g/mol.